The number of hydrogen-bond acceptors (Lipinski definition) is 3. The predicted octanol–water partition coefficient (Wildman–Crippen LogP) is 2.81. The van der Waals surface area contributed by atoms with Crippen LogP contribution in [0.15, 0.2) is 34.7 Å². The monoisotopic (exact) mass is 273 g/mol. The van der Waals surface area contributed by atoms with Crippen molar-refractivity contribution in [2.75, 3.05) is 13.6 Å². The van der Waals surface area contributed by atoms with E-state index in [9.17, 15) is 9.90 Å². The van der Waals surface area contributed by atoms with E-state index in [0.29, 0.717) is 17.9 Å². The van der Waals surface area contributed by atoms with Crippen LogP contribution in [0.5, 0.6) is 0 Å². The van der Waals surface area contributed by atoms with E-state index in [1.54, 1.807) is 18.0 Å². The molecule has 0 bridgehead atoms. The van der Waals surface area contributed by atoms with Crippen molar-refractivity contribution in [2.24, 2.45) is 0 Å². The number of benzene rings is 1. The van der Waals surface area contributed by atoms with Gasteiger partial charge in [-0.15, -0.1) is 0 Å². The van der Waals surface area contributed by atoms with Crippen LogP contribution in [0.2, 0.25) is 0 Å². The maximum absolute atomic E-state index is 12.4. The summed E-state index contributed by atoms with van der Waals surface area (Å²) >= 11 is 0. The molecule has 0 unspecified atom stereocenters. The molecule has 1 amide bonds. The highest BCUT2D eigenvalue weighted by Gasteiger charge is 2.34. The molecule has 1 fully saturated rings. The number of likely N-dealkylation sites (N-methyl/N-ethyl adjacent to an activating group) is 1. The SMILES string of the molecule is CN(CC1(O)CCCC1)C(=O)c1cc2ccccc2o1. The number of carbonyl (C=O) groups is 1. The van der Waals surface area contributed by atoms with Gasteiger partial charge < -0.3 is 14.4 Å². The minimum Gasteiger partial charge on any atom is -0.451 e. The summed E-state index contributed by atoms with van der Waals surface area (Å²) in [6, 6.07) is 9.31. The van der Waals surface area contributed by atoms with Crippen molar-refractivity contribution in [3.8, 4) is 0 Å². The highest BCUT2D eigenvalue weighted by molar-refractivity contribution is 5.96. The highest BCUT2D eigenvalue weighted by atomic mass is 16.3. The number of nitrogens with zero attached hydrogens (tertiary/aromatic N) is 1. The molecular weight excluding hydrogens is 254 g/mol. The normalized spacial score (nSPS) is 17.5. The molecule has 1 aliphatic carbocycles. The fourth-order valence-corrected chi connectivity index (χ4v) is 2.98. The number of rotatable bonds is 3. The Morgan fingerprint density at radius 3 is 2.75 bits per heavy atom. The Balaban J connectivity index is 1.77. The van der Waals surface area contributed by atoms with Gasteiger partial charge in [-0.05, 0) is 25.0 Å². The van der Waals surface area contributed by atoms with Gasteiger partial charge >= 0.3 is 0 Å². The van der Waals surface area contributed by atoms with E-state index in [1.165, 1.54) is 0 Å². The number of para-hydroxylation sites is 1. The van der Waals surface area contributed by atoms with Gasteiger partial charge in [0.2, 0.25) is 0 Å². The Morgan fingerprint density at radius 2 is 2.05 bits per heavy atom. The lowest BCUT2D eigenvalue weighted by molar-refractivity contribution is 0.0147. The van der Waals surface area contributed by atoms with Crippen molar-refractivity contribution < 1.29 is 14.3 Å². The standard InChI is InChI=1S/C16H19NO3/c1-17(11-16(19)8-4-5-9-16)15(18)14-10-12-6-2-3-7-13(12)20-14/h2-3,6-7,10,19H,4-5,8-9,11H2,1H3. The number of furan rings is 1. The Hall–Kier alpha value is -1.81. The number of amides is 1. The van der Waals surface area contributed by atoms with Crippen molar-refractivity contribution >= 4 is 16.9 Å². The van der Waals surface area contributed by atoms with Gasteiger partial charge in [-0.25, -0.2) is 0 Å². The molecule has 3 rings (SSSR count). The van der Waals surface area contributed by atoms with Crippen LogP contribution in [-0.4, -0.2) is 35.1 Å². The number of carbonyl (C=O) groups excluding carboxylic acids is 1. The van der Waals surface area contributed by atoms with E-state index in [4.69, 9.17) is 4.42 Å². The van der Waals surface area contributed by atoms with Crippen molar-refractivity contribution in [1.29, 1.82) is 0 Å². The van der Waals surface area contributed by atoms with Crippen LogP contribution >= 0.6 is 0 Å². The van der Waals surface area contributed by atoms with E-state index in [2.05, 4.69) is 0 Å². The summed E-state index contributed by atoms with van der Waals surface area (Å²) < 4.78 is 5.58. The second kappa shape index (κ2) is 4.94. The van der Waals surface area contributed by atoms with Crippen LogP contribution in [0.1, 0.15) is 36.2 Å². The maximum atomic E-state index is 12.4. The van der Waals surface area contributed by atoms with Crippen LogP contribution < -0.4 is 0 Å². The van der Waals surface area contributed by atoms with Gasteiger partial charge in [0, 0.05) is 19.0 Å². The van der Waals surface area contributed by atoms with E-state index in [0.717, 1.165) is 31.1 Å². The van der Waals surface area contributed by atoms with Gasteiger partial charge in [0.1, 0.15) is 5.58 Å². The molecule has 2 aromatic rings. The van der Waals surface area contributed by atoms with Gasteiger partial charge in [0.25, 0.3) is 5.91 Å². The van der Waals surface area contributed by atoms with E-state index in [1.807, 2.05) is 24.3 Å². The van der Waals surface area contributed by atoms with E-state index < -0.39 is 5.60 Å². The molecule has 4 heteroatoms. The summed E-state index contributed by atoms with van der Waals surface area (Å²) in [5.74, 6) is 0.150. The van der Waals surface area contributed by atoms with Gasteiger partial charge in [-0.1, -0.05) is 31.0 Å². The lowest BCUT2D eigenvalue weighted by Gasteiger charge is -2.28. The van der Waals surface area contributed by atoms with Crippen LogP contribution in [-0.2, 0) is 0 Å². The summed E-state index contributed by atoms with van der Waals surface area (Å²) in [5, 5.41) is 11.3. The topological polar surface area (TPSA) is 53.7 Å². The van der Waals surface area contributed by atoms with Gasteiger partial charge in [0.15, 0.2) is 5.76 Å². The third-order valence-corrected chi connectivity index (χ3v) is 4.05. The molecular formula is C16H19NO3. The predicted molar refractivity (Wildman–Crippen MR) is 76.6 cm³/mol. The Kier molecular flexibility index (Phi) is 3.26. The molecule has 1 aromatic heterocycles. The average Bonchev–Trinajstić information content (AvgIpc) is 3.03. The maximum Gasteiger partial charge on any atom is 0.289 e. The van der Waals surface area contributed by atoms with Crippen molar-refractivity contribution in [3.63, 3.8) is 0 Å². The first-order valence-corrected chi connectivity index (χ1v) is 7.04. The fraction of sp³-hybridized carbons (Fsp3) is 0.438. The molecule has 1 N–H and O–H groups in total. The highest BCUT2D eigenvalue weighted by Crippen LogP contribution is 2.30. The first kappa shape index (κ1) is 13.2. The Bertz CT molecular complexity index is 592. The van der Waals surface area contributed by atoms with E-state index in [-0.39, 0.29) is 5.91 Å². The second-order valence-electron chi connectivity index (χ2n) is 5.74. The molecule has 0 radical (unpaired) electrons. The number of fused-ring (bicyclic) bond motifs is 1. The number of aliphatic hydroxyl groups is 1. The zero-order valence-electron chi connectivity index (χ0n) is 11.6. The fourth-order valence-electron chi connectivity index (χ4n) is 2.98. The minimum absolute atomic E-state index is 0.179. The molecule has 1 aromatic carbocycles. The zero-order valence-corrected chi connectivity index (χ0v) is 11.6. The summed E-state index contributed by atoms with van der Waals surface area (Å²) in [6.07, 6.45) is 3.60. The second-order valence-corrected chi connectivity index (χ2v) is 5.74. The summed E-state index contributed by atoms with van der Waals surface area (Å²) in [7, 11) is 1.71. The quantitative estimate of drug-likeness (QED) is 0.935. The summed E-state index contributed by atoms with van der Waals surface area (Å²) in [6.45, 7) is 0.364. The Labute approximate surface area is 118 Å². The minimum atomic E-state index is -0.726. The smallest absolute Gasteiger partial charge is 0.289 e. The lowest BCUT2D eigenvalue weighted by atomic mass is 10.0. The molecule has 106 valence electrons. The Morgan fingerprint density at radius 1 is 1.35 bits per heavy atom. The van der Waals surface area contributed by atoms with Crippen LogP contribution in [0.3, 0.4) is 0 Å². The molecule has 0 spiro atoms. The molecule has 1 aliphatic rings. The van der Waals surface area contributed by atoms with Gasteiger partial charge in [-0.3, -0.25) is 4.79 Å². The van der Waals surface area contributed by atoms with E-state index >= 15 is 0 Å². The molecule has 4 nitrogen and oxygen atoms in total. The molecule has 0 saturated heterocycles. The van der Waals surface area contributed by atoms with Crippen molar-refractivity contribution in [2.45, 2.75) is 31.3 Å². The largest absolute Gasteiger partial charge is 0.451 e. The first-order chi connectivity index (χ1) is 9.57. The van der Waals surface area contributed by atoms with Crippen molar-refractivity contribution in [3.05, 3.63) is 36.1 Å². The van der Waals surface area contributed by atoms with Gasteiger partial charge in [0.05, 0.1) is 5.60 Å². The van der Waals surface area contributed by atoms with Crippen LogP contribution in [0, 0.1) is 0 Å². The average molecular weight is 273 g/mol. The molecule has 1 heterocycles. The van der Waals surface area contributed by atoms with Crippen LogP contribution in [0.25, 0.3) is 11.0 Å². The lowest BCUT2D eigenvalue weighted by Crippen LogP contribution is -2.41. The summed E-state index contributed by atoms with van der Waals surface area (Å²) in [5.41, 5.74) is -0.0139. The third-order valence-electron chi connectivity index (χ3n) is 4.05. The molecule has 0 aliphatic heterocycles. The zero-order chi connectivity index (χ0) is 14.2. The first-order valence-electron chi connectivity index (χ1n) is 7.04. The molecule has 20 heavy (non-hydrogen) atoms. The van der Waals surface area contributed by atoms with Crippen LogP contribution in [0.4, 0.5) is 0 Å². The molecule has 0 atom stereocenters. The third kappa shape index (κ3) is 2.43. The summed E-state index contributed by atoms with van der Waals surface area (Å²) in [4.78, 5) is 13.9. The van der Waals surface area contributed by atoms with Gasteiger partial charge in [-0.2, -0.15) is 0 Å². The number of hydrogen-bond donors (Lipinski definition) is 1. The molecule has 1 saturated carbocycles. The van der Waals surface area contributed by atoms with Crippen molar-refractivity contribution in [1.82, 2.24) is 4.90 Å².